The van der Waals surface area contributed by atoms with Gasteiger partial charge in [0.05, 0.1) is 11.4 Å². The standard InChI is InChI=1S/C15H20N4/c1-2-11-6-8-13(9-7-11)19-15(12-4-3-5-12)14(10-16)17-18-19/h6-9,12H,2-5,10,16H2,1H3. The van der Waals surface area contributed by atoms with Crippen molar-refractivity contribution in [2.75, 3.05) is 0 Å². The Kier molecular flexibility index (Phi) is 3.34. The lowest BCUT2D eigenvalue weighted by Crippen LogP contribution is -2.17. The van der Waals surface area contributed by atoms with Crippen molar-refractivity contribution in [1.29, 1.82) is 0 Å². The zero-order chi connectivity index (χ0) is 13.2. The van der Waals surface area contributed by atoms with Gasteiger partial charge in [0, 0.05) is 12.5 Å². The van der Waals surface area contributed by atoms with Crippen LogP contribution in [0, 0.1) is 0 Å². The maximum Gasteiger partial charge on any atom is 0.100 e. The fourth-order valence-corrected chi connectivity index (χ4v) is 2.62. The molecule has 1 heterocycles. The average Bonchev–Trinajstić information content (AvgIpc) is 2.80. The molecule has 0 spiro atoms. The van der Waals surface area contributed by atoms with Crippen LogP contribution in [-0.2, 0) is 13.0 Å². The molecule has 19 heavy (non-hydrogen) atoms. The molecule has 1 aliphatic rings. The Hall–Kier alpha value is -1.68. The highest BCUT2D eigenvalue weighted by Gasteiger charge is 2.27. The van der Waals surface area contributed by atoms with Crippen LogP contribution in [0.25, 0.3) is 5.69 Å². The molecule has 2 N–H and O–H groups in total. The molecular weight excluding hydrogens is 236 g/mol. The van der Waals surface area contributed by atoms with Crippen LogP contribution in [-0.4, -0.2) is 15.0 Å². The van der Waals surface area contributed by atoms with E-state index in [-0.39, 0.29) is 0 Å². The van der Waals surface area contributed by atoms with Crippen LogP contribution in [0.5, 0.6) is 0 Å². The van der Waals surface area contributed by atoms with E-state index in [9.17, 15) is 0 Å². The van der Waals surface area contributed by atoms with Gasteiger partial charge < -0.3 is 5.73 Å². The van der Waals surface area contributed by atoms with E-state index >= 15 is 0 Å². The summed E-state index contributed by atoms with van der Waals surface area (Å²) in [5, 5.41) is 8.55. The first-order chi connectivity index (χ1) is 9.33. The first kappa shape index (κ1) is 12.4. The van der Waals surface area contributed by atoms with Crippen molar-refractivity contribution in [2.24, 2.45) is 5.73 Å². The molecule has 0 unspecified atom stereocenters. The van der Waals surface area contributed by atoms with Crippen LogP contribution in [0.3, 0.4) is 0 Å². The zero-order valence-corrected chi connectivity index (χ0v) is 11.3. The molecule has 0 bridgehead atoms. The van der Waals surface area contributed by atoms with Gasteiger partial charge >= 0.3 is 0 Å². The van der Waals surface area contributed by atoms with Crippen LogP contribution in [0.15, 0.2) is 24.3 Å². The van der Waals surface area contributed by atoms with Crippen LogP contribution in [0.1, 0.15) is 49.1 Å². The second-order valence-electron chi connectivity index (χ2n) is 5.19. The monoisotopic (exact) mass is 256 g/mol. The Bertz CT molecular complexity index is 552. The lowest BCUT2D eigenvalue weighted by Gasteiger charge is -2.26. The second kappa shape index (κ2) is 5.13. The molecule has 1 fully saturated rings. The van der Waals surface area contributed by atoms with Gasteiger partial charge in [-0.3, -0.25) is 0 Å². The van der Waals surface area contributed by atoms with Gasteiger partial charge in [-0.1, -0.05) is 30.7 Å². The molecule has 1 aliphatic carbocycles. The number of nitrogens with zero attached hydrogens (tertiary/aromatic N) is 3. The van der Waals surface area contributed by atoms with E-state index in [1.54, 1.807) is 0 Å². The largest absolute Gasteiger partial charge is 0.325 e. The van der Waals surface area contributed by atoms with Crippen molar-refractivity contribution in [2.45, 2.75) is 45.1 Å². The Balaban J connectivity index is 2.00. The summed E-state index contributed by atoms with van der Waals surface area (Å²) >= 11 is 0. The van der Waals surface area contributed by atoms with Crippen molar-refractivity contribution in [3.63, 3.8) is 0 Å². The number of hydrogen-bond donors (Lipinski definition) is 1. The smallest absolute Gasteiger partial charge is 0.100 e. The summed E-state index contributed by atoms with van der Waals surface area (Å²) in [7, 11) is 0. The van der Waals surface area contributed by atoms with Crippen LogP contribution >= 0.6 is 0 Å². The lowest BCUT2D eigenvalue weighted by atomic mass is 9.82. The minimum atomic E-state index is 0.471. The second-order valence-corrected chi connectivity index (χ2v) is 5.19. The molecule has 4 nitrogen and oxygen atoms in total. The van der Waals surface area contributed by atoms with Crippen molar-refractivity contribution in [3.8, 4) is 5.69 Å². The molecule has 3 rings (SSSR count). The van der Waals surface area contributed by atoms with Crippen molar-refractivity contribution >= 4 is 0 Å². The molecule has 4 heteroatoms. The summed E-state index contributed by atoms with van der Waals surface area (Å²) in [5.41, 5.74) is 10.4. The normalized spacial score (nSPS) is 15.5. The molecule has 0 saturated heterocycles. The minimum Gasteiger partial charge on any atom is -0.325 e. The number of aryl methyl sites for hydroxylation is 1. The van der Waals surface area contributed by atoms with Crippen molar-refractivity contribution < 1.29 is 0 Å². The van der Waals surface area contributed by atoms with E-state index in [0.29, 0.717) is 12.5 Å². The van der Waals surface area contributed by atoms with Crippen molar-refractivity contribution in [1.82, 2.24) is 15.0 Å². The topological polar surface area (TPSA) is 56.7 Å². The van der Waals surface area contributed by atoms with Gasteiger partial charge in [0.25, 0.3) is 0 Å². The van der Waals surface area contributed by atoms with Crippen LogP contribution in [0.4, 0.5) is 0 Å². The molecule has 0 amide bonds. The number of nitrogens with two attached hydrogens (primary N) is 1. The molecule has 0 aliphatic heterocycles. The third kappa shape index (κ3) is 2.16. The number of benzene rings is 1. The summed E-state index contributed by atoms with van der Waals surface area (Å²) < 4.78 is 1.98. The summed E-state index contributed by atoms with van der Waals surface area (Å²) in [5.74, 6) is 0.583. The zero-order valence-electron chi connectivity index (χ0n) is 11.3. The Morgan fingerprint density at radius 3 is 2.53 bits per heavy atom. The highest BCUT2D eigenvalue weighted by molar-refractivity contribution is 5.37. The summed E-state index contributed by atoms with van der Waals surface area (Å²) in [6, 6.07) is 8.55. The lowest BCUT2D eigenvalue weighted by molar-refractivity contribution is 0.401. The van der Waals surface area contributed by atoms with Crippen LogP contribution in [0.2, 0.25) is 0 Å². The van der Waals surface area contributed by atoms with Gasteiger partial charge in [-0.15, -0.1) is 5.10 Å². The first-order valence-corrected chi connectivity index (χ1v) is 7.07. The molecule has 1 aromatic heterocycles. The SMILES string of the molecule is CCc1ccc(-n2nnc(CN)c2C2CCC2)cc1. The third-order valence-corrected chi connectivity index (χ3v) is 4.05. The van der Waals surface area contributed by atoms with E-state index in [0.717, 1.165) is 17.8 Å². The third-order valence-electron chi connectivity index (χ3n) is 4.05. The molecule has 100 valence electrons. The van der Waals surface area contributed by atoms with Crippen LogP contribution < -0.4 is 5.73 Å². The van der Waals surface area contributed by atoms with E-state index in [1.807, 2.05) is 4.68 Å². The quantitative estimate of drug-likeness (QED) is 0.914. The molecule has 2 aromatic rings. The molecule has 1 saturated carbocycles. The van der Waals surface area contributed by atoms with Gasteiger partial charge in [-0.05, 0) is 37.0 Å². The fraction of sp³-hybridized carbons (Fsp3) is 0.467. The Morgan fingerprint density at radius 1 is 1.26 bits per heavy atom. The number of hydrogen-bond acceptors (Lipinski definition) is 3. The summed E-state index contributed by atoms with van der Waals surface area (Å²) in [6.07, 6.45) is 4.82. The average molecular weight is 256 g/mol. The first-order valence-electron chi connectivity index (χ1n) is 7.07. The maximum absolute atomic E-state index is 5.79. The van der Waals surface area contributed by atoms with Crippen molar-refractivity contribution in [3.05, 3.63) is 41.2 Å². The summed E-state index contributed by atoms with van der Waals surface area (Å²) in [4.78, 5) is 0. The molecule has 0 atom stereocenters. The molecular formula is C15H20N4. The predicted octanol–water partition coefficient (Wildman–Crippen LogP) is 2.56. The Labute approximate surface area is 113 Å². The summed E-state index contributed by atoms with van der Waals surface area (Å²) in [6.45, 7) is 2.63. The number of rotatable bonds is 4. The van der Waals surface area contributed by atoms with Gasteiger partial charge in [-0.2, -0.15) is 0 Å². The number of aromatic nitrogens is 3. The highest BCUT2D eigenvalue weighted by atomic mass is 15.4. The predicted molar refractivity (Wildman–Crippen MR) is 75.2 cm³/mol. The van der Waals surface area contributed by atoms with Gasteiger partial charge in [0.15, 0.2) is 0 Å². The van der Waals surface area contributed by atoms with Gasteiger partial charge in [0.2, 0.25) is 0 Å². The molecule has 0 radical (unpaired) electrons. The highest BCUT2D eigenvalue weighted by Crippen LogP contribution is 2.38. The fourth-order valence-electron chi connectivity index (χ4n) is 2.62. The van der Waals surface area contributed by atoms with E-state index < -0.39 is 0 Å². The molecule has 1 aromatic carbocycles. The Morgan fingerprint density at radius 2 is 2.00 bits per heavy atom. The van der Waals surface area contributed by atoms with E-state index in [4.69, 9.17) is 5.73 Å². The minimum absolute atomic E-state index is 0.471. The van der Waals surface area contributed by atoms with Gasteiger partial charge in [-0.25, -0.2) is 4.68 Å². The van der Waals surface area contributed by atoms with E-state index in [2.05, 4.69) is 41.5 Å². The maximum atomic E-state index is 5.79. The van der Waals surface area contributed by atoms with Gasteiger partial charge in [0.1, 0.15) is 5.69 Å². The van der Waals surface area contributed by atoms with E-state index in [1.165, 1.54) is 30.5 Å².